The molecule has 6 nitrogen and oxygen atoms in total. The fraction of sp³-hybridized carbons (Fsp3) is 0.0714. The number of anilines is 3. The number of hydrogen-bond donors (Lipinski definition) is 3. The summed E-state index contributed by atoms with van der Waals surface area (Å²) in [5.41, 5.74) is 8.57. The number of allylic oxidation sites excluding steroid dienone is 2. The smallest absolute Gasteiger partial charge is 0.354 e. The quantitative estimate of drug-likeness (QED) is 0.0622. The Morgan fingerprint density at radius 2 is 1.35 bits per heavy atom. The molecular weight excluding hydrogens is 594 g/mol. The number of fused-ring (bicyclic) bond motifs is 1. The number of hydrogen-bond acceptors (Lipinski definition) is 4. The first kappa shape index (κ1) is 31.7. The van der Waals surface area contributed by atoms with Gasteiger partial charge in [-0.25, -0.2) is 4.79 Å². The van der Waals surface area contributed by atoms with Crippen molar-refractivity contribution in [1.29, 1.82) is 5.41 Å². The van der Waals surface area contributed by atoms with Crippen LogP contribution in [-0.2, 0) is 16.0 Å². The minimum absolute atomic E-state index is 0.232. The highest BCUT2D eigenvalue weighted by Crippen LogP contribution is 2.35. The zero-order valence-corrected chi connectivity index (χ0v) is 26.3. The Bertz CT molecular complexity index is 1970. The van der Waals surface area contributed by atoms with E-state index in [0.717, 1.165) is 41.9 Å². The van der Waals surface area contributed by atoms with Crippen LogP contribution in [-0.4, -0.2) is 29.2 Å². The molecule has 0 unspecified atom stereocenters. The molecule has 0 saturated carbocycles. The van der Waals surface area contributed by atoms with Gasteiger partial charge < -0.3 is 15.3 Å². The van der Waals surface area contributed by atoms with Crippen molar-refractivity contribution in [2.45, 2.75) is 12.8 Å². The fourth-order valence-corrected chi connectivity index (χ4v) is 5.84. The third-order valence-electron chi connectivity index (χ3n) is 8.22. The molecule has 236 valence electrons. The van der Waals surface area contributed by atoms with Gasteiger partial charge in [0.15, 0.2) is 5.71 Å². The number of benzene rings is 5. The van der Waals surface area contributed by atoms with Crippen molar-refractivity contribution in [2.75, 3.05) is 16.8 Å². The first-order valence-corrected chi connectivity index (χ1v) is 15.9. The molecule has 0 radical (unpaired) electrons. The summed E-state index contributed by atoms with van der Waals surface area (Å²) < 4.78 is 0. The number of nitrogens with one attached hydrogen (secondary N) is 2. The number of carbonyl (C=O) groups is 2. The van der Waals surface area contributed by atoms with E-state index in [1.807, 2.05) is 30.3 Å². The molecular formula is C42H35N3O3. The predicted octanol–water partition coefficient (Wildman–Crippen LogP) is 9.04. The van der Waals surface area contributed by atoms with Crippen LogP contribution < -0.4 is 10.2 Å². The molecule has 3 N–H and O–H groups in total. The van der Waals surface area contributed by atoms with Crippen LogP contribution in [0.1, 0.15) is 34.2 Å². The highest BCUT2D eigenvalue weighted by molar-refractivity contribution is 6.48. The Morgan fingerprint density at radius 3 is 1.98 bits per heavy atom. The number of carboxylic acid groups (broad SMARTS) is 1. The highest BCUT2D eigenvalue weighted by atomic mass is 16.4. The lowest BCUT2D eigenvalue weighted by Crippen LogP contribution is -2.25. The summed E-state index contributed by atoms with van der Waals surface area (Å²) in [7, 11) is 0. The van der Waals surface area contributed by atoms with Gasteiger partial charge >= 0.3 is 5.97 Å². The largest absolute Gasteiger partial charge is 0.477 e. The SMILES string of the molecule is N=C(C(=O)O)/C(=C/C=C/c1ccc2c(c1)CCCN2c1ccc(C=C(c2ccccc2)c2ccccc2)cc1)C(=O)Nc1ccccc1. The van der Waals surface area contributed by atoms with Crippen LogP contribution in [0.3, 0.4) is 0 Å². The number of para-hydroxylation sites is 1. The van der Waals surface area contributed by atoms with Gasteiger partial charge in [-0.2, -0.15) is 0 Å². The zero-order valence-electron chi connectivity index (χ0n) is 26.3. The summed E-state index contributed by atoms with van der Waals surface area (Å²) in [4.78, 5) is 26.7. The first-order valence-electron chi connectivity index (χ1n) is 15.9. The van der Waals surface area contributed by atoms with Gasteiger partial charge in [0.05, 0.1) is 5.57 Å². The normalized spacial score (nSPS) is 12.7. The number of nitrogens with zero attached hydrogens (tertiary/aromatic N) is 1. The standard InChI is InChI=1S/C42H35N3O3/c43-40(42(47)48)37(41(46)44-35-18-8-3-9-19-35)20-10-12-30-23-26-39-34(28-30)17-11-27-45(39)36-24-21-31(22-25-36)29-38(32-13-4-1-5-14-32)33-15-6-2-7-16-33/h1-10,12-16,18-26,28-29,43H,11,17,27H2,(H,44,46)(H,47,48)/b12-10+,37-20-,43-40?. The molecule has 0 fully saturated rings. The number of aryl methyl sites for hydroxylation is 1. The topological polar surface area (TPSA) is 93.5 Å². The molecule has 6 rings (SSSR count). The van der Waals surface area contributed by atoms with E-state index in [1.165, 1.54) is 28.3 Å². The molecule has 6 heteroatoms. The molecule has 0 saturated heterocycles. The summed E-state index contributed by atoms with van der Waals surface area (Å²) in [6.45, 7) is 0.913. The molecule has 1 heterocycles. The van der Waals surface area contributed by atoms with Crippen molar-refractivity contribution in [1.82, 2.24) is 0 Å². The van der Waals surface area contributed by atoms with E-state index in [4.69, 9.17) is 5.41 Å². The maximum Gasteiger partial charge on any atom is 0.354 e. The number of amides is 1. The van der Waals surface area contributed by atoms with Crippen molar-refractivity contribution in [3.8, 4) is 0 Å². The second-order valence-electron chi connectivity index (χ2n) is 11.5. The van der Waals surface area contributed by atoms with E-state index in [0.29, 0.717) is 5.69 Å². The Balaban J connectivity index is 1.21. The van der Waals surface area contributed by atoms with Crippen LogP contribution in [0.4, 0.5) is 17.1 Å². The maximum atomic E-state index is 12.8. The molecule has 0 aromatic heterocycles. The average Bonchev–Trinajstić information content (AvgIpc) is 3.13. The van der Waals surface area contributed by atoms with Crippen LogP contribution in [0.15, 0.2) is 151 Å². The van der Waals surface area contributed by atoms with Gasteiger partial charge in [0.25, 0.3) is 5.91 Å². The van der Waals surface area contributed by atoms with Crippen molar-refractivity contribution in [3.05, 3.63) is 179 Å². The maximum absolute atomic E-state index is 12.8. The minimum atomic E-state index is -1.47. The second kappa shape index (κ2) is 14.9. The van der Waals surface area contributed by atoms with Gasteiger partial charge in [-0.15, -0.1) is 0 Å². The summed E-state index contributed by atoms with van der Waals surface area (Å²) >= 11 is 0. The Hall–Kier alpha value is -6.27. The van der Waals surface area contributed by atoms with Crippen LogP contribution in [0.25, 0.3) is 17.7 Å². The number of carboxylic acids is 1. The Kier molecular flexibility index (Phi) is 9.83. The average molecular weight is 630 g/mol. The highest BCUT2D eigenvalue weighted by Gasteiger charge is 2.21. The Labute approximate surface area is 280 Å². The number of aliphatic carboxylic acids is 1. The van der Waals surface area contributed by atoms with E-state index in [2.05, 4.69) is 101 Å². The molecule has 0 spiro atoms. The van der Waals surface area contributed by atoms with E-state index in [-0.39, 0.29) is 5.57 Å². The molecule has 48 heavy (non-hydrogen) atoms. The van der Waals surface area contributed by atoms with Crippen LogP contribution >= 0.6 is 0 Å². The number of carbonyl (C=O) groups excluding carboxylic acids is 1. The van der Waals surface area contributed by atoms with Crippen LogP contribution in [0.5, 0.6) is 0 Å². The number of rotatable bonds is 10. The van der Waals surface area contributed by atoms with Gasteiger partial charge in [0, 0.05) is 23.6 Å². The molecule has 5 aromatic carbocycles. The van der Waals surface area contributed by atoms with Crippen LogP contribution in [0, 0.1) is 5.41 Å². The third-order valence-corrected chi connectivity index (χ3v) is 8.22. The molecule has 1 aliphatic heterocycles. The van der Waals surface area contributed by atoms with Gasteiger partial charge in [0.2, 0.25) is 0 Å². The lowest BCUT2D eigenvalue weighted by atomic mass is 9.95. The predicted molar refractivity (Wildman–Crippen MR) is 196 cm³/mol. The molecule has 0 bridgehead atoms. The van der Waals surface area contributed by atoms with Crippen molar-refractivity contribution < 1.29 is 14.7 Å². The molecule has 1 aliphatic rings. The molecule has 0 aliphatic carbocycles. The third kappa shape index (κ3) is 7.57. The minimum Gasteiger partial charge on any atom is -0.477 e. The van der Waals surface area contributed by atoms with E-state index >= 15 is 0 Å². The van der Waals surface area contributed by atoms with Crippen LogP contribution in [0.2, 0.25) is 0 Å². The fourth-order valence-electron chi connectivity index (χ4n) is 5.84. The first-order chi connectivity index (χ1) is 23.5. The lowest BCUT2D eigenvalue weighted by Gasteiger charge is -2.31. The summed E-state index contributed by atoms with van der Waals surface area (Å²) in [6, 6.07) is 44.5. The molecule has 0 atom stereocenters. The lowest BCUT2D eigenvalue weighted by molar-refractivity contribution is -0.129. The monoisotopic (exact) mass is 629 g/mol. The van der Waals surface area contributed by atoms with Gasteiger partial charge in [-0.3, -0.25) is 10.2 Å². The van der Waals surface area contributed by atoms with E-state index in [9.17, 15) is 14.7 Å². The van der Waals surface area contributed by atoms with E-state index in [1.54, 1.807) is 30.3 Å². The van der Waals surface area contributed by atoms with Crippen molar-refractivity contribution in [3.63, 3.8) is 0 Å². The van der Waals surface area contributed by atoms with Gasteiger partial charge in [-0.1, -0.05) is 109 Å². The van der Waals surface area contributed by atoms with Crippen molar-refractivity contribution in [2.24, 2.45) is 0 Å². The Morgan fingerprint density at radius 1 is 0.750 bits per heavy atom. The zero-order chi connectivity index (χ0) is 33.3. The summed E-state index contributed by atoms with van der Waals surface area (Å²) in [5, 5.41) is 20.0. The van der Waals surface area contributed by atoms with Crippen molar-refractivity contribution >= 4 is 52.4 Å². The molecule has 1 amide bonds. The molecule has 5 aromatic rings. The summed E-state index contributed by atoms with van der Waals surface area (Å²) in [6.07, 6.45) is 8.99. The van der Waals surface area contributed by atoms with Gasteiger partial charge in [0.1, 0.15) is 0 Å². The van der Waals surface area contributed by atoms with Gasteiger partial charge in [-0.05, 0) is 94.8 Å². The second-order valence-corrected chi connectivity index (χ2v) is 11.5. The van der Waals surface area contributed by atoms with E-state index < -0.39 is 17.6 Å². The summed E-state index contributed by atoms with van der Waals surface area (Å²) in [5.74, 6) is -2.12.